The number of aliphatic hydroxyl groups excluding tert-OH is 1. The van der Waals surface area contributed by atoms with Crippen LogP contribution in [0.15, 0.2) is 12.1 Å². The monoisotopic (exact) mass is 264 g/mol. The van der Waals surface area contributed by atoms with Gasteiger partial charge in [-0.1, -0.05) is 0 Å². The molecule has 1 aliphatic heterocycles. The summed E-state index contributed by atoms with van der Waals surface area (Å²) in [5.74, 6) is 0.791. The maximum absolute atomic E-state index is 11.8. The van der Waals surface area contributed by atoms with E-state index in [0.29, 0.717) is 13.1 Å². The van der Waals surface area contributed by atoms with Crippen LogP contribution in [0.25, 0.3) is 0 Å². The lowest BCUT2D eigenvalue weighted by Gasteiger charge is -2.17. The summed E-state index contributed by atoms with van der Waals surface area (Å²) in [6.45, 7) is 4.96. The molecule has 1 aromatic carbocycles. The Morgan fingerprint density at radius 3 is 2.74 bits per heavy atom. The van der Waals surface area contributed by atoms with Gasteiger partial charge in [0.1, 0.15) is 5.75 Å². The highest BCUT2D eigenvalue weighted by atomic mass is 16.5. The van der Waals surface area contributed by atoms with Crippen LogP contribution < -0.4 is 10.1 Å². The smallest absolute Gasteiger partial charge is 0.318 e. The number of nitrogens with one attached hydrogen (secondary N) is 1. The highest BCUT2D eigenvalue weighted by Gasteiger charge is 2.31. The van der Waals surface area contributed by atoms with Gasteiger partial charge in [0.25, 0.3) is 0 Å². The molecular formula is C14H20N2O3. The first-order valence-corrected chi connectivity index (χ1v) is 6.38. The number of carbonyl (C=O) groups excluding carboxylic acids is 1. The summed E-state index contributed by atoms with van der Waals surface area (Å²) in [6, 6.07) is 3.82. The molecule has 0 aliphatic carbocycles. The Bertz CT molecular complexity index is 488. The number of amides is 2. The van der Waals surface area contributed by atoms with Gasteiger partial charge in [0, 0.05) is 18.7 Å². The van der Waals surface area contributed by atoms with Crippen molar-refractivity contribution in [2.45, 2.75) is 19.9 Å². The molecule has 0 saturated carbocycles. The maximum atomic E-state index is 11.8. The number of ether oxygens (including phenoxy) is 1. The molecule has 104 valence electrons. The topological polar surface area (TPSA) is 61.8 Å². The Kier molecular flexibility index (Phi) is 3.95. The van der Waals surface area contributed by atoms with E-state index < -0.39 is 0 Å². The predicted molar refractivity (Wildman–Crippen MR) is 72.4 cm³/mol. The van der Waals surface area contributed by atoms with E-state index in [4.69, 9.17) is 9.84 Å². The van der Waals surface area contributed by atoms with Crippen molar-refractivity contribution in [2.75, 3.05) is 26.8 Å². The summed E-state index contributed by atoms with van der Waals surface area (Å²) in [5, 5.41) is 11.9. The first kappa shape index (κ1) is 13.7. The molecule has 1 heterocycles. The first-order valence-electron chi connectivity index (χ1n) is 6.38. The zero-order chi connectivity index (χ0) is 14.0. The van der Waals surface area contributed by atoms with Gasteiger partial charge in [-0.25, -0.2) is 4.79 Å². The lowest BCUT2D eigenvalue weighted by Crippen LogP contribution is -2.30. The number of β-amino-alcohol motifs (C(OH)–C–C–N with tert-alkyl or cyclic N) is 1. The number of rotatable bonds is 4. The molecule has 1 atom stereocenters. The maximum Gasteiger partial charge on any atom is 0.318 e. The fourth-order valence-electron chi connectivity index (χ4n) is 2.34. The third-order valence-corrected chi connectivity index (χ3v) is 3.58. The number of hydrogen-bond donors (Lipinski definition) is 2. The molecule has 5 heteroatoms. The van der Waals surface area contributed by atoms with E-state index in [1.807, 2.05) is 19.9 Å². The third-order valence-electron chi connectivity index (χ3n) is 3.58. The van der Waals surface area contributed by atoms with Crippen LogP contribution in [0.1, 0.15) is 22.7 Å². The quantitative estimate of drug-likeness (QED) is 0.863. The summed E-state index contributed by atoms with van der Waals surface area (Å²) in [7, 11) is 1.63. The minimum atomic E-state index is -0.140. The lowest BCUT2D eigenvalue weighted by atomic mass is 10.00. The minimum Gasteiger partial charge on any atom is -0.496 e. The molecule has 2 N–H and O–H groups in total. The molecule has 1 unspecified atom stereocenters. The summed E-state index contributed by atoms with van der Waals surface area (Å²) >= 11 is 0. The van der Waals surface area contributed by atoms with Crippen molar-refractivity contribution >= 4 is 6.03 Å². The molecule has 0 aromatic heterocycles. The predicted octanol–water partition coefficient (Wildman–Crippen LogP) is 1.37. The van der Waals surface area contributed by atoms with Gasteiger partial charge in [-0.15, -0.1) is 0 Å². The van der Waals surface area contributed by atoms with E-state index in [1.165, 1.54) is 5.56 Å². The summed E-state index contributed by atoms with van der Waals surface area (Å²) in [4.78, 5) is 13.4. The van der Waals surface area contributed by atoms with Crippen molar-refractivity contribution in [2.24, 2.45) is 0 Å². The van der Waals surface area contributed by atoms with E-state index in [9.17, 15) is 4.79 Å². The number of methoxy groups -OCH3 is 1. The van der Waals surface area contributed by atoms with Crippen LogP contribution in [0.2, 0.25) is 0 Å². The summed E-state index contributed by atoms with van der Waals surface area (Å²) in [6.07, 6.45) is 0. The van der Waals surface area contributed by atoms with Gasteiger partial charge in [0.2, 0.25) is 0 Å². The van der Waals surface area contributed by atoms with Gasteiger partial charge in [-0.05, 0) is 37.1 Å². The second-order valence-corrected chi connectivity index (χ2v) is 4.85. The van der Waals surface area contributed by atoms with E-state index in [0.717, 1.165) is 16.9 Å². The number of nitrogens with zero attached hydrogens (tertiary/aromatic N) is 1. The largest absolute Gasteiger partial charge is 0.496 e. The zero-order valence-corrected chi connectivity index (χ0v) is 11.6. The fraction of sp³-hybridized carbons (Fsp3) is 0.500. The molecule has 1 aliphatic rings. The second kappa shape index (κ2) is 5.48. The molecule has 0 spiro atoms. The number of urea groups is 1. The molecule has 0 bridgehead atoms. The van der Waals surface area contributed by atoms with Gasteiger partial charge in [-0.3, -0.25) is 0 Å². The lowest BCUT2D eigenvalue weighted by molar-refractivity contribution is 0.196. The number of carbonyl (C=O) groups is 1. The average molecular weight is 264 g/mol. The molecule has 1 aromatic rings. The number of benzene rings is 1. The van der Waals surface area contributed by atoms with Crippen molar-refractivity contribution in [3.63, 3.8) is 0 Å². The van der Waals surface area contributed by atoms with Gasteiger partial charge < -0.3 is 20.1 Å². The molecule has 0 radical (unpaired) electrons. The Balaban J connectivity index is 2.28. The van der Waals surface area contributed by atoms with Crippen molar-refractivity contribution in [1.29, 1.82) is 0 Å². The van der Waals surface area contributed by atoms with Gasteiger partial charge >= 0.3 is 6.03 Å². The van der Waals surface area contributed by atoms with Crippen molar-refractivity contribution in [3.8, 4) is 5.75 Å². The van der Waals surface area contributed by atoms with Crippen LogP contribution in [0.3, 0.4) is 0 Å². The highest BCUT2D eigenvalue weighted by molar-refractivity contribution is 5.77. The Labute approximate surface area is 113 Å². The molecule has 1 saturated heterocycles. The first-order chi connectivity index (χ1) is 9.06. The van der Waals surface area contributed by atoms with Crippen molar-refractivity contribution < 1.29 is 14.6 Å². The molecule has 1 fully saturated rings. The Morgan fingerprint density at radius 2 is 2.11 bits per heavy atom. The normalized spacial score (nSPS) is 18.6. The Morgan fingerprint density at radius 1 is 1.42 bits per heavy atom. The molecule has 5 nitrogen and oxygen atoms in total. The van der Waals surface area contributed by atoms with E-state index in [-0.39, 0.29) is 18.7 Å². The molecule has 2 rings (SSSR count). The second-order valence-electron chi connectivity index (χ2n) is 4.85. The average Bonchev–Trinajstić information content (AvgIpc) is 2.74. The Hall–Kier alpha value is -1.75. The zero-order valence-electron chi connectivity index (χ0n) is 11.6. The van der Waals surface area contributed by atoms with Crippen LogP contribution in [0.4, 0.5) is 4.79 Å². The van der Waals surface area contributed by atoms with Crippen LogP contribution in [0, 0.1) is 13.8 Å². The van der Waals surface area contributed by atoms with E-state index >= 15 is 0 Å². The molecular weight excluding hydrogens is 244 g/mol. The van der Waals surface area contributed by atoms with Gasteiger partial charge in [0.15, 0.2) is 0 Å². The summed E-state index contributed by atoms with van der Waals surface area (Å²) in [5.41, 5.74) is 3.32. The van der Waals surface area contributed by atoms with Crippen LogP contribution in [-0.4, -0.2) is 42.8 Å². The van der Waals surface area contributed by atoms with Crippen LogP contribution in [0.5, 0.6) is 5.75 Å². The van der Waals surface area contributed by atoms with Crippen molar-refractivity contribution in [3.05, 3.63) is 28.8 Å². The van der Waals surface area contributed by atoms with Gasteiger partial charge in [-0.2, -0.15) is 0 Å². The van der Waals surface area contributed by atoms with Crippen LogP contribution >= 0.6 is 0 Å². The van der Waals surface area contributed by atoms with E-state index in [1.54, 1.807) is 12.0 Å². The number of hydrogen-bond acceptors (Lipinski definition) is 3. The van der Waals surface area contributed by atoms with Crippen LogP contribution in [-0.2, 0) is 0 Å². The highest BCUT2D eigenvalue weighted by Crippen LogP contribution is 2.31. The molecule has 2 amide bonds. The molecule has 19 heavy (non-hydrogen) atoms. The number of aliphatic hydroxyl groups is 1. The third kappa shape index (κ3) is 2.66. The standard InChI is InChI=1S/C14H20N2O3/c1-9-6-11(13(19-3)7-10(9)2)12-8-16(4-5-17)14(18)15-12/h6-7,12,17H,4-5,8H2,1-3H3,(H,15,18). The SMILES string of the molecule is COc1cc(C)c(C)cc1C1CN(CCO)C(=O)N1. The van der Waals surface area contributed by atoms with E-state index in [2.05, 4.69) is 11.4 Å². The minimum absolute atomic E-state index is 0.0236. The fourth-order valence-corrected chi connectivity index (χ4v) is 2.34. The van der Waals surface area contributed by atoms with Gasteiger partial charge in [0.05, 0.1) is 19.8 Å². The van der Waals surface area contributed by atoms with Crippen molar-refractivity contribution in [1.82, 2.24) is 10.2 Å². The summed E-state index contributed by atoms with van der Waals surface area (Å²) < 4.78 is 5.40. The number of aryl methyl sites for hydroxylation is 2.